The summed E-state index contributed by atoms with van der Waals surface area (Å²) in [5, 5.41) is 6.07. The lowest BCUT2D eigenvalue weighted by Gasteiger charge is -2.03. The van der Waals surface area contributed by atoms with Crippen LogP contribution in [-0.4, -0.2) is 10.9 Å². The summed E-state index contributed by atoms with van der Waals surface area (Å²) in [6.45, 7) is 0. The van der Waals surface area contributed by atoms with Crippen molar-refractivity contribution >= 4 is 49.9 Å². The third-order valence-electron chi connectivity index (χ3n) is 2.92. The van der Waals surface area contributed by atoms with Crippen molar-refractivity contribution in [1.82, 2.24) is 4.98 Å². The van der Waals surface area contributed by atoms with Gasteiger partial charge in [0.15, 0.2) is 5.13 Å². The summed E-state index contributed by atoms with van der Waals surface area (Å²) < 4.78 is 0.708. The molecule has 0 bridgehead atoms. The maximum absolute atomic E-state index is 12.1. The summed E-state index contributed by atoms with van der Waals surface area (Å²) in [7, 11) is 0. The topological polar surface area (TPSA) is 42.0 Å². The number of halogens is 2. The number of aromatic nitrogens is 1. The number of hydrogen-bond acceptors (Lipinski definition) is 3. The molecule has 1 aromatic heterocycles. The molecule has 6 heteroatoms. The van der Waals surface area contributed by atoms with Crippen molar-refractivity contribution in [3.8, 4) is 0 Å². The Hall–Kier alpha value is -0.910. The van der Waals surface area contributed by atoms with Crippen LogP contribution in [0.1, 0.15) is 34.8 Å². The summed E-state index contributed by atoms with van der Waals surface area (Å²) in [6, 6.07) is 5.09. The highest BCUT2D eigenvalue weighted by atomic mass is 79.9. The van der Waals surface area contributed by atoms with Crippen LogP contribution < -0.4 is 5.32 Å². The molecule has 1 N–H and O–H groups in total. The van der Waals surface area contributed by atoms with Gasteiger partial charge >= 0.3 is 0 Å². The fraction of sp³-hybridized carbons (Fsp3) is 0.231. The van der Waals surface area contributed by atoms with Gasteiger partial charge in [0, 0.05) is 21.3 Å². The lowest BCUT2D eigenvalue weighted by atomic mass is 10.2. The number of benzene rings is 1. The second-order valence-corrected chi connectivity index (χ2v) is 6.55. The third-order valence-corrected chi connectivity index (χ3v) is 4.91. The lowest BCUT2D eigenvalue weighted by Crippen LogP contribution is -2.11. The highest BCUT2D eigenvalue weighted by Crippen LogP contribution is 2.40. The van der Waals surface area contributed by atoms with Crippen molar-refractivity contribution in [2.75, 3.05) is 5.32 Å². The minimum Gasteiger partial charge on any atom is -0.298 e. The van der Waals surface area contributed by atoms with Crippen molar-refractivity contribution in [1.29, 1.82) is 0 Å². The second-order valence-electron chi connectivity index (χ2n) is 4.43. The molecule has 3 rings (SSSR count). The van der Waals surface area contributed by atoms with E-state index in [2.05, 4.69) is 26.2 Å². The van der Waals surface area contributed by atoms with Gasteiger partial charge in [-0.3, -0.25) is 10.1 Å². The number of rotatable bonds is 3. The van der Waals surface area contributed by atoms with E-state index in [1.54, 1.807) is 18.2 Å². The molecule has 3 nitrogen and oxygen atoms in total. The molecular formula is C13H10BrClN2OS. The smallest absolute Gasteiger partial charge is 0.257 e. The van der Waals surface area contributed by atoms with Gasteiger partial charge in [0.25, 0.3) is 5.91 Å². The van der Waals surface area contributed by atoms with Gasteiger partial charge in [-0.05, 0) is 47.0 Å². The van der Waals surface area contributed by atoms with E-state index < -0.39 is 0 Å². The number of hydrogen-bond donors (Lipinski definition) is 1. The van der Waals surface area contributed by atoms with Gasteiger partial charge in [0.05, 0.1) is 10.7 Å². The van der Waals surface area contributed by atoms with E-state index in [0.717, 1.165) is 5.69 Å². The molecule has 1 aliphatic carbocycles. The predicted octanol–water partition coefficient (Wildman–Crippen LogP) is 4.69. The fourth-order valence-electron chi connectivity index (χ4n) is 1.72. The Balaban J connectivity index is 1.74. The highest BCUT2D eigenvalue weighted by Gasteiger charge is 2.26. The van der Waals surface area contributed by atoms with E-state index in [0.29, 0.717) is 26.1 Å². The fourth-order valence-corrected chi connectivity index (χ4v) is 3.00. The number of carbonyl (C=O) groups excluding carboxylic acids is 1. The van der Waals surface area contributed by atoms with E-state index in [-0.39, 0.29) is 5.91 Å². The Kier molecular flexibility index (Phi) is 3.60. The average molecular weight is 358 g/mol. The molecule has 0 aliphatic heterocycles. The van der Waals surface area contributed by atoms with Crippen LogP contribution in [0.15, 0.2) is 28.1 Å². The molecule has 19 heavy (non-hydrogen) atoms. The number of nitrogens with one attached hydrogen (secondary N) is 1. The molecule has 0 atom stereocenters. The number of amides is 1. The van der Waals surface area contributed by atoms with Crippen molar-refractivity contribution in [2.45, 2.75) is 18.8 Å². The third kappa shape index (κ3) is 2.99. The van der Waals surface area contributed by atoms with Gasteiger partial charge in [-0.15, -0.1) is 11.3 Å². The molecule has 1 aromatic carbocycles. The van der Waals surface area contributed by atoms with E-state index in [1.807, 2.05) is 5.38 Å². The van der Waals surface area contributed by atoms with E-state index in [9.17, 15) is 4.79 Å². The maximum atomic E-state index is 12.1. The molecule has 2 aromatic rings. The van der Waals surface area contributed by atoms with Crippen LogP contribution in [0.25, 0.3) is 0 Å². The molecule has 0 radical (unpaired) electrons. The van der Waals surface area contributed by atoms with Crippen LogP contribution in [-0.2, 0) is 0 Å². The van der Waals surface area contributed by atoms with Crippen molar-refractivity contribution in [3.63, 3.8) is 0 Å². The van der Waals surface area contributed by atoms with Crippen LogP contribution >= 0.6 is 38.9 Å². The zero-order valence-corrected chi connectivity index (χ0v) is 13.0. The molecule has 1 heterocycles. The Morgan fingerprint density at radius 2 is 2.26 bits per heavy atom. The van der Waals surface area contributed by atoms with E-state index in [4.69, 9.17) is 11.6 Å². The largest absolute Gasteiger partial charge is 0.298 e. The van der Waals surface area contributed by atoms with Gasteiger partial charge in [-0.25, -0.2) is 4.98 Å². The summed E-state index contributed by atoms with van der Waals surface area (Å²) >= 11 is 10.7. The van der Waals surface area contributed by atoms with Crippen LogP contribution in [0.3, 0.4) is 0 Å². The Bertz CT molecular complexity index is 639. The summed E-state index contributed by atoms with van der Waals surface area (Å²) in [5.41, 5.74) is 1.65. The minimum atomic E-state index is -0.172. The van der Waals surface area contributed by atoms with E-state index >= 15 is 0 Å². The van der Waals surface area contributed by atoms with Crippen LogP contribution in [0.5, 0.6) is 0 Å². The average Bonchev–Trinajstić information content (AvgIpc) is 3.14. The van der Waals surface area contributed by atoms with Crippen LogP contribution in [0.4, 0.5) is 5.13 Å². The molecule has 0 saturated heterocycles. The molecular weight excluding hydrogens is 348 g/mol. The van der Waals surface area contributed by atoms with Gasteiger partial charge in [-0.2, -0.15) is 0 Å². The molecule has 1 fully saturated rings. The highest BCUT2D eigenvalue weighted by molar-refractivity contribution is 9.10. The standard InChI is InChI=1S/C13H10BrClN2OS/c14-9-5-8(3-4-10(9)15)12(18)17-13-16-11(6-19-13)7-1-2-7/h3-7H,1-2H2,(H,16,17,18). The first-order valence-corrected chi connectivity index (χ1v) is 7.90. The normalized spacial score (nSPS) is 14.4. The summed E-state index contributed by atoms with van der Waals surface area (Å²) in [6.07, 6.45) is 2.42. The molecule has 0 spiro atoms. The quantitative estimate of drug-likeness (QED) is 0.866. The molecule has 0 unspecified atom stereocenters. The van der Waals surface area contributed by atoms with Crippen molar-refractivity contribution in [2.24, 2.45) is 0 Å². The summed E-state index contributed by atoms with van der Waals surface area (Å²) in [4.78, 5) is 16.5. The van der Waals surface area contributed by atoms with Gasteiger partial charge in [0.2, 0.25) is 0 Å². The number of carbonyl (C=O) groups is 1. The molecule has 1 aliphatic rings. The first-order valence-electron chi connectivity index (χ1n) is 5.85. The van der Waals surface area contributed by atoms with Gasteiger partial charge < -0.3 is 0 Å². The Labute approximate surface area is 128 Å². The van der Waals surface area contributed by atoms with Crippen molar-refractivity contribution < 1.29 is 4.79 Å². The predicted molar refractivity (Wildman–Crippen MR) is 81.2 cm³/mol. The van der Waals surface area contributed by atoms with Crippen LogP contribution in [0.2, 0.25) is 5.02 Å². The Morgan fingerprint density at radius 1 is 1.47 bits per heavy atom. The van der Waals surface area contributed by atoms with E-state index in [1.165, 1.54) is 24.2 Å². The number of nitrogens with zero attached hydrogens (tertiary/aromatic N) is 1. The number of anilines is 1. The molecule has 1 amide bonds. The Morgan fingerprint density at radius 3 is 2.95 bits per heavy atom. The lowest BCUT2D eigenvalue weighted by molar-refractivity contribution is 0.102. The SMILES string of the molecule is O=C(Nc1nc(C2CC2)cs1)c1ccc(Cl)c(Br)c1. The number of thiazole rings is 1. The summed E-state index contributed by atoms with van der Waals surface area (Å²) in [5.74, 6) is 0.431. The minimum absolute atomic E-state index is 0.172. The first-order chi connectivity index (χ1) is 9.13. The first kappa shape index (κ1) is 13.1. The van der Waals surface area contributed by atoms with Crippen LogP contribution in [0, 0.1) is 0 Å². The zero-order chi connectivity index (χ0) is 13.4. The van der Waals surface area contributed by atoms with Crippen molar-refractivity contribution in [3.05, 3.63) is 44.3 Å². The maximum Gasteiger partial charge on any atom is 0.257 e. The molecule has 1 saturated carbocycles. The molecule has 98 valence electrons. The zero-order valence-electron chi connectivity index (χ0n) is 9.82. The van der Waals surface area contributed by atoms with Gasteiger partial charge in [-0.1, -0.05) is 11.6 Å². The second kappa shape index (κ2) is 5.23. The van der Waals surface area contributed by atoms with Gasteiger partial charge in [0.1, 0.15) is 0 Å². The monoisotopic (exact) mass is 356 g/mol.